The van der Waals surface area contributed by atoms with Gasteiger partial charge in [-0.3, -0.25) is 14.9 Å². The second-order valence-corrected chi connectivity index (χ2v) is 6.20. The molecule has 1 heterocycles. The summed E-state index contributed by atoms with van der Waals surface area (Å²) in [4.78, 5) is 25.8. The predicted octanol–water partition coefficient (Wildman–Crippen LogP) is 0.883. The largest absolute Gasteiger partial charge is 0.271 e. The van der Waals surface area contributed by atoms with Gasteiger partial charge in [0.2, 0.25) is 0 Å². The van der Waals surface area contributed by atoms with Gasteiger partial charge in [-0.1, -0.05) is 0 Å². The van der Waals surface area contributed by atoms with Gasteiger partial charge < -0.3 is 0 Å². The Balaban J connectivity index is 2.23. The highest BCUT2D eigenvalue weighted by atomic mass is 16.6. The van der Waals surface area contributed by atoms with Gasteiger partial charge in [0, 0.05) is 12.1 Å². The van der Waals surface area contributed by atoms with E-state index in [2.05, 4.69) is 10.1 Å². The fourth-order valence-electron chi connectivity index (χ4n) is 2.01. The lowest BCUT2D eigenvalue weighted by Crippen LogP contribution is -2.82. The van der Waals surface area contributed by atoms with Crippen molar-refractivity contribution in [2.75, 3.05) is 5.01 Å². The number of hydrogen-bond donors (Lipinski definition) is 1. The van der Waals surface area contributed by atoms with Gasteiger partial charge >= 0.3 is 0 Å². The first-order valence-corrected chi connectivity index (χ1v) is 6.93. The summed E-state index contributed by atoms with van der Waals surface area (Å²) in [5.74, 6) is -0.613. The molecule has 0 aliphatic carbocycles. The molecule has 116 valence electrons. The van der Waals surface area contributed by atoms with Crippen LogP contribution < -0.4 is 10.0 Å². The van der Waals surface area contributed by atoms with Gasteiger partial charge in [-0.05, 0) is 39.8 Å². The monoisotopic (exact) mass is 303 g/mol. The predicted molar refractivity (Wildman–Crippen MR) is 84.0 cm³/mol. The second kappa shape index (κ2) is 5.67. The standard InChI is InChI=1S/C15H18N4O3/c1-10-13(9-16-15(2,3)4)14(20)18(17-10)11-5-7-12(8-6-11)19(21)22/h5-9,13H,1-4H3/p+1/t13-/m0/s1. The average molecular weight is 303 g/mol. The van der Waals surface area contributed by atoms with Gasteiger partial charge in [0.1, 0.15) is 0 Å². The maximum absolute atomic E-state index is 12.5. The van der Waals surface area contributed by atoms with Crippen molar-refractivity contribution in [2.45, 2.75) is 33.2 Å². The average Bonchev–Trinajstić information content (AvgIpc) is 2.71. The molecular formula is C15H19N4O3+. The van der Waals surface area contributed by atoms with Crippen LogP contribution in [0.5, 0.6) is 0 Å². The number of nitro benzene ring substituents is 1. The van der Waals surface area contributed by atoms with Crippen molar-refractivity contribution >= 4 is 29.2 Å². The highest BCUT2D eigenvalue weighted by Crippen LogP contribution is 2.24. The Bertz CT molecular complexity index is 656. The van der Waals surface area contributed by atoms with E-state index in [-0.39, 0.29) is 17.1 Å². The smallest absolute Gasteiger partial charge is 0.269 e. The molecule has 0 spiro atoms. The number of amides is 1. The van der Waals surface area contributed by atoms with E-state index in [1.54, 1.807) is 13.1 Å². The highest BCUT2D eigenvalue weighted by molar-refractivity contribution is 6.22. The number of rotatable bonds is 3. The molecule has 1 aromatic carbocycles. The SMILES string of the molecule is CC1=NN(c2ccc([N+](=O)[O-])cc2)C(=O)[C@H]1C=[NH+]C(C)(C)C. The Morgan fingerprint density at radius 2 is 1.91 bits per heavy atom. The molecule has 1 atom stereocenters. The van der Waals surface area contributed by atoms with E-state index in [9.17, 15) is 14.9 Å². The third kappa shape index (κ3) is 3.36. The van der Waals surface area contributed by atoms with Gasteiger partial charge in [-0.2, -0.15) is 10.1 Å². The van der Waals surface area contributed by atoms with E-state index in [1.165, 1.54) is 29.3 Å². The first kappa shape index (κ1) is 15.8. The Morgan fingerprint density at radius 1 is 1.32 bits per heavy atom. The molecule has 0 fully saturated rings. The topological polar surface area (TPSA) is 89.8 Å². The van der Waals surface area contributed by atoms with E-state index < -0.39 is 10.8 Å². The summed E-state index contributed by atoms with van der Waals surface area (Å²) in [6.07, 6.45) is 1.74. The van der Waals surface area contributed by atoms with E-state index >= 15 is 0 Å². The van der Waals surface area contributed by atoms with Crippen LogP contribution in [0.2, 0.25) is 0 Å². The van der Waals surface area contributed by atoms with Crippen LogP contribution in [-0.2, 0) is 4.79 Å². The van der Waals surface area contributed by atoms with Gasteiger partial charge in [0.05, 0.1) is 16.3 Å². The van der Waals surface area contributed by atoms with Crippen molar-refractivity contribution in [3.8, 4) is 0 Å². The molecule has 1 N–H and O–H groups in total. The van der Waals surface area contributed by atoms with Crippen LogP contribution in [0, 0.1) is 16.0 Å². The minimum atomic E-state index is -0.478. The van der Waals surface area contributed by atoms with E-state index in [0.29, 0.717) is 11.4 Å². The molecule has 1 amide bonds. The lowest BCUT2D eigenvalue weighted by molar-refractivity contribution is -0.535. The zero-order valence-corrected chi connectivity index (χ0v) is 13.0. The molecule has 0 saturated carbocycles. The number of nitrogens with zero attached hydrogens (tertiary/aromatic N) is 3. The zero-order valence-electron chi connectivity index (χ0n) is 13.0. The third-order valence-electron chi connectivity index (χ3n) is 3.17. The third-order valence-corrected chi connectivity index (χ3v) is 3.17. The van der Waals surface area contributed by atoms with Crippen molar-refractivity contribution in [1.82, 2.24) is 0 Å². The normalized spacial score (nSPS) is 18.9. The number of non-ortho nitro benzene ring substituents is 1. The summed E-state index contributed by atoms with van der Waals surface area (Å²) in [7, 11) is 0. The van der Waals surface area contributed by atoms with Crippen LogP contribution in [0.4, 0.5) is 11.4 Å². The number of nitro groups is 1. The quantitative estimate of drug-likeness (QED) is 0.510. The minimum absolute atomic E-state index is 0.0198. The summed E-state index contributed by atoms with van der Waals surface area (Å²) in [5.41, 5.74) is 1.04. The summed E-state index contributed by atoms with van der Waals surface area (Å²) in [6, 6.07) is 5.76. The van der Waals surface area contributed by atoms with Gasteiger partial charge in [-0.25, -0.2) is 4.99 Å². The van der Waals surface area contributed by atoms with Gasteiger partial charge in [-0.15, -0.1) is 0 Å². The second-order valence-electron chi connectivity index (χ2n) is 6.20. The number of hydrogen-bond acceptors (Lipinski definition) is 4. The molecule has 0 radical (unpaired) electrons. The number of anilines is 1. The number of nitrogens with one attached hydrogen (secondary N) is 1. The van der Waals surface area contributed by atoms with E-state index in [1.807, 2.05) is 20.8 Å². The van der Waals surface area contributed by atoms with Crippen LogP contribution in [0.15, 0.2) is 29.4 Å². The molecule has 1 aromatic rings. The van der Waals surface area contributed by atoms with Crippen molar-refractivity contribution in [2.24, 2.45) is 11.0 Å². The summed E-state index contributed by atoms with van der Waals surface area (Å²) < 4.78 is 0. The maximum atomic E-state index is 12.5. The zero-order chi connectivity index (χ0) is 16.5. The minimum Gasteiger partial charge on any atom is -0.271 e. The summed E-state index contributed by atoms with van der Waals surface area (Å²) >= 11 is 0. The molecule has 0 aromatic heterocycles. The summed E-state index contributed by atoms with van der Waals surface area (Å²) in [6.45, 7) is 7.80. The maximum Gasteiger partial charge on any atom is 0.269 e. The first-order chi connectivity index (χ1) is 10.2. The molecule has 7 nitrogen and oxygen atoms in total. The van der Waals surface area contributed by atoms with Crippen molar-refractivity contribution in [1.29, 1.82) is 0 Å². The Labute approximate surface area is 128 Å². The molecule has 22 heavy (non-hydrogen) atoms. The molecule has 0 saturated heterocycles. The Morgan fingerprint density at radius 3 is 2.41 bits per heavy atom. The Hall–Kier alpha value is -2.57. The molecule has 0 unspecified atom stereocenters. The number of carbonyl (C=O) groups excluding carboxylic acids is 1. The lowest BCUT2D eigenvalue weighted by atomic mass is 10.0. The fourth-order valence-corrected chi connectivity index (χ4v) is 2.01. The van der Waals surface area contributed by atoms with Crippen LogP contribution >= 0.6 is 0 Å². The van der Waals surface area contributed by atoms with Crippen molar-refractivity contribution < 1.29 is 14.7 Å². The molecule has 1 aliphatic heterocycles. The molecule has 0 bridgehead atoms. The first-order valence-electron chi connectivity index (χ1n) is 6.93. The molecular weight excluding hydrogens is 284 g/mol. The molecule has 7 heteroatoms. The molecule has 2 rings (SSSR count). The van der Waals surface area contributed by atoms with Crippen LogP contribution in [0.1, 0.15) is 27.7 Å². The summed E-state index contributed by atoms with van der Waals surface area (Å²) in [5, 5.41) is 16.2. The van der Waals surface area contributed by atoms with Crippen molar-refractivity contribution in [3.05, 3.63) is 34.4 Å². The van der Waals surface area contributed by atoms with Crippen LogP contribution in [0.25, 0.3) is 0 Å². The van der Waals surface area contributed by atoms with Gasteiger partial charge in [0.25, 0.3) is 11.6 Å². The van der Waals surface area contributed by atoms with E-state index in [4.69, 9.17) is 0 Å². The van der Waals surface area contributed by atoms with Crippen LogP contribution in [-0.4, -0.2) is 28.3 Å². The Kier molecular flexibility index (Phi) is 4.07. The lowest BCUT2D eigenvalue weighted by Gasteiger charge is -2.12. The van der Waals surface area contributed by atoms with Gasteiger partial charge in [0.15, 0.2) is 17.7 Å². The number of benzene rings is 1. The van der Waals surface area contributed by atoms with Crippen LogP contribution in [0.3, 0.4) is 0 Å². The fraction of sp³-hybridized carbons (Fsp3) is 0.400. The van der Waals surface area contributed by atoms with Crippen molar-refractivity contribution in [3.63, 3.8) is 0 Å². The van der Waals surface area contributed by atoms with E-state index in [0.717, 1.165) is 0 Å². The highest BCUT2D eigenvalue weighted by Gasteiger charge is 2.35. The number of hydrazone groups is 1. The number of carbonyl (C=O) groups is 1. The molecule has 1 aliphatic rings.